The predicted octanol–water partition coefficient (Wildman–Crippen LogP) is 12.5. The Morgan fingerprint density at radius 3 is 2.20 bits per heavy atom. The number of nitrogens with one attached hydrogen (secondary N) is 1. The number of hydrogen-bond donors (Lipinski definition) is 2. The Labute approximate surface area is 314 Å². The monoisotopic (exact) mass is 872 g/mol. The van der Waals surface area contributed by atoms with Gasteiger partial charge < -0.3 is 15.4 Å². The number of carbonyl (C=O) groups excluding carboxylic acids is 1. The molecular weight excluding hydrogens is 821 g/mol. The van der Waals surface area contributed by atoms with E-state index in [1.807, 2.05) is 64.2 Å². The Bertz CT molecular complexity index is 2030. The van der Waals surface area contributed by atoms with E-state index in [1.165, 1.54) is 53.3 Å². The summed E-state index contributed by atoms with van der Waals surface area (Å²) in [6.45, 7) is 21.7. The molecule has 0 unspecified atom stereocenters. The summed E-state index contributed by atoms with van der Waals surface area (Å²) in [4.78, 5) is 18.4. The van der Waals surface area contributed by atoms with E-state index < -0.39 is 0 Å². The van der Waals surface area contributed by atoms with Crippen LogP contribution in [0.1, 0.15) is 110 Å². The number of aliphatic hydroxyl groups is 1. The van der Waals surface area contributed by atoms with Gasteiger partial charge in [0.05, 0.1) is 12.4 Å². The van der Waals surface area contributed by atoms with E-state index in [2.05, 4.69) is 86.9 Å². The average molecular weight is 872 g/mol. The molecule has 5 aromatic rings. The van der Waals surface area contributed by atoms with Gasteiger partial charge in [-0.2, -0.15) is 0 Å². The molecule has 0 bridgehead atoms. The minimum Gasteiger partial charge on any atom is -0.512 e. The van der Waals surface area contributed by atoms with Crippen molar-refractivity contribution in [3.05, 3.63) is 87.3 Å². The second kappa shape index (κ2) is 15.2. The molecule has 3 aromatic carbocycles. The molecule has 1 aliphatic heterocycles. The second-order valence-corrected chi connectivity index (χ2v) is 16.7. The number of fused-ring (bicyclic) bond motifs is 6. The van der Waals surface area contributed by atoms with Crippen LogP contribution in [0.4, 0.5) is 5.69 Å². The molecule has 6 rings (SSSR count). The zero-order valence-corrected chi connectivity index (χ0v) is 34.7. The van der Waals surface area contributed by atoms with E-state index in [9.17, 15) is 9.90 Å². The van der Waals surface area contributed by atoms with Crippen LogP contribution < -0.4 is 5.32 Å². The molecule has 0 fully saturated rings. The number of rotatable bonds is 8. The van der Waals surface area contributed by atoms with Crippen molar-refractivity contribution < 1.29 is 30.0 Å². The molecule has 2 aromatic heterocycles. The van der Waals surface area contributed by atoms with Gasteiger partial charge >= 0.3 is 0 Å². The summed E-state index contributed by atoms with van der Waals surface area (Å²) in [5, 5.41) is 21.2. The number of carbonyl (C=O) groups is 1. The van der Waals surface area contributed by atoms with Gasteiger partial charge in [-0.1, -0.05) is 91.5 Å². The van der Waals surface area contributed by atoms with Crippen LogP contribution in [-0.4, -0.2) is 23.3 Å². The standard InChI is InChI=1S/C27H23N2S2.C15H28O2.Ir/c1-15-13-30-20-9-10-21-23(22(15)20)25-26(31-21)24(28-14-29-25)17-11-16-7-5-6-8-18(16)19(12-17)27(2,3)4;1-7-14(5,8-2)12(16)11-13(17)15(6,9-3)10-4;/h5-10,12-13,29H,14H2,1-4H3;11,16H,7-10H2,1-6H3;/q-1;;/b;12-11-;. The van der Waals surface area contributed by atoms with Gasteiger partial charge in [0, 0.05) is 67.8 Å². The third kappa shape index (κ3) is 7.47. The Morgan fingerprint density at radius 1 is 0.939 bits per heavy atom. The van der Waals surface area contributed by atoms with E-state index in [4.69, 9.17) is 4.99 Å². The van der Waals surface area contributed by atoms with Crippen molar-refractivity contribution >= 4 is 70.8 Å². The van der Waals surface area contributed by atoms with Crippen LogP contribution in [-0.2, 0) is 30.3 Å². The van der Waals surface area contributed by atoms with Crippen LogP contribution in [0.2, 0.25) is 0 Å². The summed E-state index contributed by atoms with van der Waals surface area (Å²) in [5.74, 6) is 0.286. The molecule has 0 atom stereocenters. The summed E-state index contributed by atoms with van der Waals surface area (Å²) in [6, 6.07) is 19.1. The van der Waals surface area contributed by atoms with Crippen molar-refractivity contribution in [1.82, 2.24) is 0 Å². The Morgan fingerprint density at radius 2 is 1.57 bits per heavy atom. The van der Waals surface area contributed by atoms with Crippen LogP contribution >= 0.6 is 22.7 Å². The number of aliphatic imine (C=N–C) groups is 1. The van der Waals surface area contributed by atoms with Gasteiger partial charge in [-0.15, -0.1) is 51.8 Å². The molecule has 3 heterocycles. The van der Waals surface area contributed by atoms with Crippen LogP contribution in [0.5, 0.6) is 0 Å². The number of anilines is 1. The minimum absolute atomic E-state index is 0. The van der Waals surface area contributed by atoms with E-state index in [-0.39, 0.29) is 47.9 Å². The summed E-state index contributed by atoms with van der Waals surface area (Å²) in [7, 11) is 0. The number of aryl methyl sites for hydroxylation is 1. The third-order valence-electron chi connectivity index (χ3n) is 10.7. The topological polar surface area (TPSA) is 61.7 Å². The zero-order chi connectivity index (χ0) is 35.0. The van der Waals surface area contributed by atoms with E-state index >= 15 is 0 Å². The summed E-state index contributed by atoms with van der Waals surface area (Å²) in [6.07, 6.45) is 4.75. The third-order valence-corrected chi connectivity index (χ3v) is 13.0. The number of nitrogens with zero attached hydrogens (tertiary/aromatic N) is 1. The fraction of sp³-hybridized carbons (Fsp3) is 0.429. The number of thiophene rings is 2. The van der Waals surface area contributed by atoms with Gasteiger partial charge in [0.1, 0.15) is 5.76 Å². The normalized spacial score (nSPS) is 13.8. The average Bonchev–Trinajstić information content (AvgIpc) is 3.66. The Hall–Kier alpha value is -2.83. The molecule has 2 N–H and O–H groups in total. The van der Waals surface area contributed by atoms with Crippen LogP contribution in [0, 0.1) is 23.8 Å². The molecule has 0 saturated carbocycles. The van der Waals surface area contributed by atoms with Gasteiger partial charge in [0.15, 0.2) is 5.78 Å². The van der Waals surface area contributed by atoms with Gasteiger partial charge in [-0.05, 0) is 61.1 Å². The summed E-state index contributed by atoms with van der Waals surface area (Å²) in [5.41, 5.74) is 5.52. The molecule has 1 aliphatic rings. The maximum absolute atomic E-state index is 12.2. The molecule has 0 aliphatic carbocycles. The van der Waals surface area contributed by atoms with Crippen LogP contribution in [0.3, 0.4) is 0 Å². The molecule has 263 valence electrons. The fourth-order valence-electron chi connectivity index (χ4n) is 6.35. The molecule has 49 heavy (non-hydrogen) atoms. The zero-order valence-electron chi connectivity index (χ0n) is 30.7. The molecule has 0 amide bonds. The number of allylic oxidation sites excluding steroid dienone is 2. The smallest absolute Gasteiger partial charge is 0.164 e. The Kier molecular flexibility index (Phi) is 12.1. The maximum Gasteiger partial charge on any atom is 0.164 e. The molecule has 4 nitrogen and oxygen atoms in total. The van der Waals surface area contributed by atoms with Crippen LogP contribution in [0.15, 0.2) is 64.7 Å². The van der Waals surface area contributed by atoms with Gasteiger partial charge in [-0.25, -0.2) is 0 Å². The van der Waals surface area contributed by atoms with Crippen molar-refractivity contribution in [2.45, 2.75) is 100 Å². The molecule has 0 spiro atoms. The van der Waals surface area contributed by atoms with Gasteiger partial charge in [-0.3, -0.25) is 4.79 Å². The van der Waals surface area contributed by atoms with E-state index in [0.29, 0.717) is 6.67 Å². The van der Waals surface area contributed by atoms with Crippen molar-refractivity contribution in [2.75, 3.05) is 12.0 Å². The van der Waals surface area contributed by atoms with Crippen molar-refractivity contribution in [1.29, 1.82) is 0 Å². The first-order chi connectivity index (χ1) is 22.7. The number of aliphatic hydroxyl groups excluding tert-OH is 1. The van der Waals surface area contributed by atoms with Gasteiger partial charge in [0.25, 0.3) is 0 Å². The first-order valence-electron chi connectivity index (χ1n) is 17.3. The predicted molar refractivity (Wildman–Crippen MR) is 211 cm³/mol. The maximum atomic E-state index is 12.2. The first-order valence-corrected chi connectivity index (χ1v) is 19.0. The quantitative estimate of drug-likeness (QED) is 0.0928. The SMILES string of the molecule is CCC(C)(CC)C(=O)/C=C(\O)C(C)(CC)CC.Cc1csc2ccc3sc4c(c3c12)NCN=C4c1[c-]c2ccccc2c(C(C)(C)C)c1.[Ir]. The fourth-order valence-corrected chi connectivity index (χ4v) is 8.51. The van der Waals surface area contributed by atoms with E-state index in [1.54, 1.807) is 0 Å². The summed E-state index contributed by atoms with van der Waals surface area (Å²) >= 11 is 3.67. The van der Waals surface area contributed by atoms with E-state index in [0.717, 1.165) is 42.3 Å². The molecule has 1 radical (unpaired) electrons. The largest absolute Gasteiger partial charge is 0.512 e. The van der Waals surface area contributed by atoms with Crippen molar-refractivity contribution in [2.24, 2.45) is 15.8 Å². The molecule has 7 heteroatoms. The first kappa shape index (κ1) is 39.0. The van der Waals surface area contributed by atoms with Crippen molar-refractivity contribution in [3.8, 4) is 0 Å². The van der Waals surface area contributed by atoms with Gasteiger partial charge in [0.2, 0.25) is 0 Å². The van der Waals surface area contributed by atoms with Crippen molar-refractivity contribution in [3.63, 3.8) is 0 Å². The minimum atomic E-state index is -0.337. The molecule has 0 saturated heterocycles. The number of ketones is 1. The Balaban J connectivity index is 0.000000260. The second-order valence-electron chi connectivity index (χ2n) is 14.7. The summed E-state index contributed by atoms with van der Waals surface area (Å²) < 4.78 is 2.67. The van der Waals surface area contributed by atoms with Crippen LogP contribution in [0.25, 0.3) is 30.9 Å². The number of benzene rings is 3. The molecular formula is C42H51IrN2O2S2-. The number of hydrogen-bond acceptors (Lipinski definition) is 6.